The molecule has 0 aromatic heterocycles. The van der Waals surface area contributed by atoms with Crippen LogP contribution in [-0.4, -0.2) is 0 Å². The molecule has 2 saturated carbocycles. The Balaban J connectivity index is 2.30. The number of fused-ring (bicyclic) bond motifs is 2. The van der Waals surface area contributed by atoms with Gasteiger partial charge in [-0.15, -0.1) is 0 Å². The summed E-state index contributed by atoms with van der Waals surface area (Å²) in [6.07, 6.45) is 5.64. The van der Waals surface area contributed by atoms with Crippen LogP contribution in [0.25, 0.3) is 0 Å². The first-order chi connectivity index (χ1) is 5.18. The second-order valence-corrected chi connectivity index (χ2v) is 4.50. The summed E-state index contributed by atoms with van der Waals surface area (Å²) in [5.41, 5.74) is 2.08. The van der Waals surface area contributed by atoms with Crippen LogP contribution in [0.3, 0.4) is 0 Å². The smallest absolute Gasteiger partial charge is 0.00905 e. The molecule has 0 aliphatic heterocycles. The van der Waals surface area contributed by atoms with Crippen LogP contribution in [0.5, 0.6) is 0 Å². The Morgan fingerprint density at radius 3 is 2.64 bits per heavy atom. The van der Waals surface area contributed by atoms with E-state index in [4.69, 9.17) is 0 Å². The molecule has 0 N–H and O–H groups in total. The molecule has 0 spiro atoms. The summed E-state index contributed by atoms with van der Waals surface area (Å²) in [5.74, 6) is 1.87. The summed E-state index contributed by atoms with van der Waals surface area (Å²) in [6.45, 7) is 8.99. The molecular formula is C11H18. The van der Waals surface area contributed by atoms with Crippen LogP contribution < -0.4 is 0 Å². The summed E-state index contributed by atoms with van der Waals surface area (Å²) in [6, 6.07) is 0. The van der Waals surface area contributed by atoms with E-state index in [0.29, 0.717) is 5.41 Å². The van der Waals surface area contributed by atoms with Crippen molar-refractivity contribution in [3.63, 3.8) is 0 Å². The molecule has 0 nitrogen and oxygen atoms in total. The molecule has 2 aliphatic rings. The molecule has 0 heteroatoms. The van der Waals surface area contributed by atoms with Crippen LogP contribution in [0.15, 0.2) is 12.2 Å². The SMILES string of the molecule is C=C1C2CCC(C2)C1(C)CC. The van der Waals surface area contributed by atoms with Gasteiger partial charge in [0.1, 0.15) is 0 Å². The van der Waals surface area contributed by atoms with Crippen molar-refractivity contribution in [3.05, 3.63) is 12.2 Å². The molecule has 2 aliphatic carbocycles. The van der Waals surface area contributed by atoms with E-state index in [2.05, 4.69) is 20.4 Å². The Morgan fingerprint density at radius 1 is 1.55 bits per heavy atom. The predicted octanol–water partition coefficient (Wildman–Crippen LogP) is 3.39. The third-order valence-electron chi connectivity index (χ3n) is 4.29. The van der Waals surface area contributed by atoms with Gasteiger partial charge in [0.2, 0.25) is 0 Å². The van der Waals surface area contributed by atoms with Crippen molar-refractivity contribution in [2.45, 2.75) is 39.5 Å². The van der Waals surface area contributed by atoms with E-state index in [1.54, 1.807) is 5.57 Å². The molecule has 0 aromatic rings. The average Bonchev–Trinajstić information content (AvgIpc) is 2.56. The number of hydrogen-bond donors (Lipinski definition) is 0. The van der Waals surface area contributed by atoms with Gasteiger partial charge in [0, 0.05) is 0 Å². The molecule has 3 unspecified atom stereocenters. The van der Waals surface area contributed by atoms with Gasteiger partial charge in [-0.05, 0) is 42.9 Å². The second-order valence-electron chi connectivity index (χ2n) is 4.50. The van der Waals surface area contributed by atoms with E-state index in [-0.39, 0.29) is 0 Å². The quantitative estimate of drug-likeness (QED) is 0.503. The summed E-state index contributed by atoms with van der Waals surface area (Å²) in [4.78, 5) is 0. The van der Waals surface area contributed by atoms with Gasteiger partial charge in [-0.1, -0.05) is 26.0 Å². The Bertz CT molecular complexity index is 192. The Kier molecular flexibility index (Phi) is 1.42. The minimum Gasteiger partial charge on any atom is -0.0990 e. The van der Waals surface area contributed by atoms with Crippen LogP contribution in [0, 0.1) is 17.3 Å². The van der Waals surface area contributed by atoms with Gasteiger partial charge in [-0.25, -0.2) is 0 Å². The average molecular weight is 150 g/mol. The molecule has 0 radical (unpaired) electrons. The molecule has 2 bridgehead atoms. The molecule has 11 heavy (non-hydrogen) atoms. The van der Waals surface area contributed by atoms with Crippen LogP contribution in [0.1, 0.15) is 39.5 Å². The maximum Gasteiger partial charge on any atom is -0.00905 e. The van der Waals surface area contributed by atoms with Crippen LogP contribution in [-0.2, 0) is 0 Å². The Labute approximate surface area is 69.7 Å². The van der Waals surface area contributed by atoms with Gasteiger partial charge in [-0.2, -0.15) is 0 Å². The van der Waals surface area contributed by atoms with E-state index in [9.17, 15) is 0 Å². The summed E-state index contributed by atoms with van der Waals surface area (Å²) in [5, 5.41) is 0. The monoisotopic (exact) mass is 150 g/mol. The second kappa shape index (κ2) is 2.12. The third kappa shape index (κ3) is 0.758. The maximum absolute atomic E-state index is 4.26. The fraction of sp³-hybridized carbons (Fsp3) is 0.818. The fourth-order valence-electron chi connectivity index (χ4n) is 3.12. The first kappa shape index (κ1) is 7.39. The number of hydrogen-bond acceptors (Lipinski definition) is 0. The molecule has 62 valence electrons. The van der Waals surface area contributed by atoms with E-state index in [1.165, 1.54) is 25.7 Å². The molecule has 0 amide bonds. The van der Waals surface area contributed by atoms with Crippen molar-refractivity contribution < 1.29 is 0 Å². The molecule has 2 fully saturated rings. The normalized spacial score (nSPS) is 48.7. The van der Waals surface area contributed by atoms with Crippen LogP contribution in [0.4, 0.5) is 0 Å². The highest BCUT2D eigenvalue weighted by molar-refractivity contribution is 5.23. The molecule has 3 atom stereocenters. The topological polar surface area (TPSA) is 0 Å². The molecule has 0 heterocycles. The first-order valence-corrected chi connectivity index (χ1v) is 4.87. The largest absolute Gasteiger partial charge is 0.0990 e. The lowest BCUT2D eigenvalue weighted by molar-refractivity contribution is 0.249. The van der Waals surface area contributed by atoms with E-state index >= 15 is 0 Å². The zero-order chi connectivity index (χ0) is 8.06. The van der Waals surface area contributed by atoms with Crippen LogP contribution in [0.2, 0.25) is 0 Å². The standard InChI is InChI=1S/C11H18/c1-4-11(3)8(2)9-5-6-10(11)7-9/h9-10H,2,4-7H2,1,3H3. The Hall–Kier alpha value is -0.260. The lowest BCUT2D eigenvalue weighted by Crippen LogP contribution is -2.24. The van der Waals surface area contributed by atoms with Gasteiger partial charge < -0.3 is 0 Å². The van der Waals surface area contributed by atoms with Gasteiger partial charge in [0.15, 0.2) is 0 Å². The molecule has 0 aromatic carbocycles. The molecule has 0 saturated heterocycles. The Morgan fingerprint density at radius 2 is 2.27 bits per heavy atom. The summed E-state index contributed by atoms with van der Waals surface area (Å²) in [7, 11) is 0. The number of allylic oxidation sites excluding steroid dienone is 1. The molecule has 2 rings (SSSR count). The van der Waals surface area contributed by atoms with E-state index < -0.39 is 0 Å². The maximum atomic E-state index is 4.26. The molecular weight excluding hydrogens is 132 g/mol. The summed E-state index contributed by atoms with van der Waals surface area (Å²) >= 11 is 0. The van der Waals surface area contributed by atoms with Crippen molar-refractivity contribution in [1.29, 1.82) is 0 Å². The highest BCUT2D eigenvalue weighted by Crippen LogP contribution is 2.59. The third-order valence-corrected chi connectivity index (χ3v) is 4.29. The van der Waals surface area contributed by atoms with Crippen molar-refractivity contribution >= 4 is 0 Å². The summed E-state index contributed by atoms with van der Waals surface area (Å²) < 4.78 is 0. The fourth-order valence-corrected chi connectivity index (χ4v) is 3.12. The van der Waals surface area contributed by atoms with Gasteiger partial charge in [0.25, 0.3) is 0 Å². The lowest BCUT2D eigenvalue weighted by atomic mass is 9.70. The number of rotatable bonds is 1. The first-order valence-electron chi connectivity index (χ1n) is 4.87. The van der Waals surface area contributed by atoms with Crippen molar-refractivity contribution in [3.8, 4) is 0 Å². The van der Waals surface area contributed by atoms with Crippen LogP contribution >= 0.6 is 0 Å². The van der Waals surface area contributed by atoms with E-state index in [0.717, 1.165) is 11.8 Å². The van der Waals surface area contributed by atoms with E-state index in [1.807, 2.05) is 0 Å². The zero-order valence-electron chi connectivity index (χ0n) is 7.69. The van der Waals surface area contributed by atoms with Gasteiger partial charge in [0.05, 0.1) is 0 Å². The van der Waals surface area contributed by atoms with Crippen molar-refractivity contribution in [1.82, 2.24) is 0 Å². The zero-order valence-corrected chi connectivity index (χ0v) is 7.69. The minimum absolute atomic E-state index is 0.517. The van der Waals surface area contributed by atoms with Gasteiger partial charge in [-0.3, -0.25) is 0 Å². The van der Waals surface area contributed by atoms with Crippen molar-refractivity contribution in [2.24, 2.45) is 17.3 Å². The minimum atomic E-state index is 0.517. The van der Waals surface area contributed by atoms with Gasteiger partial charge >= 0.3 is 0 Å². The van der Waals surface area contributed by atoms with Crippen molar-refractivity contribution in [2.75, 3.05) is 0 Å². The highest BCUT2D eigenvalue weighted by Gasteiger charge is 2.49. The lowest BCUT2D eigenvalue weighted by Gasteiger charge is -2.35. The predicted molar refractivity (Wildman–Crippen MR) is 48.4 cm³/mol. The highest BCUT2D eigenvalue weighted by atomic mass is 14.5.